The molecule has 0 unspecified atom stereocenters. The molecule has 8 bridgehead atoms. The SMILES string of the molecule is Cl[SiH2]Cl.c1ccc2c(c1)-c1nc-2nc2[nH]c(nc3nc(nc4[nH]c(n1)c1ccccc41)-c1ccccc1-3)c1ccccc21. The Balaban J connectivity index is 0.000000892. The second kappa shape index (κ2) is 10.4. The second-order valence-electron chi connectivity index (χ2n) is 9.89. The fourth-order valence-electron chi connectivity index (χ4n) is 5.59. The summed E-state index contributed by atoms with van der Waals surface area (Å²) in [6, 6.07) is 32.2. The van der Waals surface area contributed by atoms with Gasteiger partial charge in [0.1, 0.15) is 22.6 Å². The molecule has 8 nitrogen and oxygen atoms in total. The maximum atomic E-state index is 5.02. The van der Waals surface area contributed by atoms with Crippen molar-refractivity contribution < 1.29 is 0 Å². The minimum absolute atomic E-state index is 0.597. The first-order valence-corrected chi connectivity index (χ1v) is 17.8. The molecule has 0 radical (unpaired) electrons. The number of nitrogens with zero attached hydrogens (tertiary/aromatic N) is 6. The van der Waals surface area contributed by atoms with Crippen LogP contribution in [0.25, 0.3) is 89.7 Å². The zero-order valence-corrected chi connectivity index (χ0v) is 25.3. The molecule has 5 heterocycles. The first-order chi connectivity index (χ1) is 21.2. The number of nitrogens with one attached hydrogen (secondary N) is 2. The van der Waals surface area contributed by atoms with Crippen LogP contribution in [0.5, 0.6) is 0 Å². The standard InChI is InChI=1S/C32H18N8.Cl2H2Si/c1-2-10-18-17(9-1)25-33-26(18)38-28-21-13-5-6-14-22(21)30(35-28)40-32-24-16-8-7-15-23(24)31(36-32)39-29-20-12-4-3-11-19(20)27(34-29)37-25;1-3-2/h1-16H,(H2,33,34,35,36,37,38,39,40);3H2. The Bertz CT molecular complexity index is 2060. The fraction of sp³-hybridized carbons (Fsp3) is 0. The van der Waals surface area contributed by atoms with E-state index in [0.717, 1.165) is 43.8 Å². The van der Waals surface area contributed by atoms with Gasteiger partial charge in [-0.05, 0) is 0 Å². The summed E-state index contributed by atoms with van der Waals surface area (Å²) in [6.07, 6.45) is 0. The molecule has 4 aromatic carbocycles. The summed E-state index contributed by atoms with van der Waals surface area (Å²) in [6.45, 7) is 0. The van der Waals surface area contributed by atoms with Crippen LogP contribution in [0.4, 0.5) is 0 Å². The Hall–Kier alpha value is -4.96. The Morgan fingerprint density at radius 2 is 0.605 bits per heavy atom. The van der Waals surface area contributed by atoms with Gasteiger partial charge in [-0.15, -0.1) is 0 Å². The molecule has 0 spiro atoms. The van der Waals surface area contributed by atoms with Gasteiger partial charge in [0.15, 0.2) is 23.3 Å². The van der Waals surface area contributed by atoms with Gasteiger partial charge in [-0.1, -0.05) is 97.1 Å². The van der Waals surface area contributed by atoms with Crippen LogP contribution in [0.2, 0.25) is 0 Å². The Morgan fingerprint density at radius 1 is 0.372 bits per heavy atom. The monoisotopic (exact) mass is 614 g/mol. The summed E-state index contributed by atoms with van der Waals surface area (Å²) in [5, 5.41) is 3.82. The van der Waals surface area contributed by atoms with Gasteiger partial charge in [-0.25, -0.2) is 29.9 Å². The highest BCUT2D eigenvalue weighted by Gasteiger charge is 2.21. The largest absolute Gasteiger partial charge is 0.324 e. The van der Waals surface area contributed by atoms with E-state index < -0.39 is 8.14 Å². The van der Waals surface area contributed by atoms with Gasteiger partial charge in [-0.2, -0.15) is 22.2 Å². The summed E-state index contributed by atoms with van der Waals surface area (Å²) < 4.78 is 0. The van der Waals surface area contributed by atoms with Crippen molar-refractivity contribution >= 4 is 74.4 Å². The van der Waals surface area contributed by atoms with Crippen LogP contribution in [0.1, 0.15) is 0 Å². The van der Waals surface area contributed by atoms with Gasteiger partial charge < -0.3 is 9.97 Å². The zero-order valence-electron chi connectivity index (χ0n) is 22.4. The molecule has 11 heteroatoms. The Morgan fingerprint density at radius 3 is 0.860 bits per heavy atom. The quantitative estimate of drug-likeness (QED) is 0.137. The van der Waals surface area contributed by atoms with E-state index in [2.05, 4.69) is 9.97 Å². The van der Waals surface area contributed by atoms with Gasteiger partial charge in [0, 0.05) is 43.8 Å². The van der Waals surface area contributed by atoms with Crippen molar-refractivity contribution in [2.24, 2.45) is 0 Å². The number of benzene rings is 4. The molecule has 0 saturated carbocycles. The van der Waals surface area contributed by atoms with Crippen molar-refractivity contribution in [2.75, 3.05) is 0 Å². The molecule has 0 atom stereocenters. The smallest absolute Gasteiger partial charge is 0.222 e. The molecule has 0 amide bonds. The van der Waals surface area contributed by atoms with Crippen LogP contribution in [-0.2, 0) is 0 Å². The molecule has 206 valence electrons. The third-order valence-corrected chi connectivity index (χ3v) is 7.46. The third-order valence-electron chi connectivity index (χ3n) is 7.46. The van der Waals surface area contributed by atoms with Crippen LogP contribution in [0.15, 0.2) is 97.1 Å². The zero-order chi connectivity index (χ0) is 28.9. The molecule has 2 N–H and O–H groups in total. The molecule has 9 rings (SSSR count). The molecule has 0 fully saturated rings. The first kappa shape index (κ1) is 25.7. The second-order valence-corrected chi connectivity index (χ2v) is 12.5. The van der Waals surface area contributed by atoms with Gasteiger partial charge in [0.05, 0.1) is 0 Å². The fourth-order valence-corrected chi connectivity index (χ4v) is 5.59. The van der Waals surface area contributed by atoms with Crippen molar-refractivity contribution in [3.63, 3.8) is 0 Å². The van der Waals surface area contributed by atoms with Crippen LogP contribution < -0.4 is 0 Å². The highest BCUT2D eigenvalue weighted by atomic mass is 35.7. The summed E-state index contributed by atoms with van der Waals surface area (Å²) in [5.74, 6) is 2.39. The van der Waals surface area contributed by atoms with Gasteiger partial charge >= 0.3 is 0 Å². The molecular weight excluding hydrogens is 595 g/mol. The topological polar surface area (TPSA) is 109 Å². The van der Waals surface area contributed by atoms with E-state index in [4.69, 9.17) is 52.1 Å². The van der Waals surface area contributed by atoms with Crippen LogP contribution in [-0.4, -0.2) is 48.0 Å². The number of rotatable bonds is 0. The molecule has 3 aromatic heterocycles. The Labute approximate surface area is 256 Å². The lowest BCUT2D eigenvalue weighted by molar-refractivity contribution is 1.19. The number of aromatic nitrogens is 8. The predicted molar refractivity (Wildman–Crippen MR) is 176 cm³/mol. The normalized spacial score (nSPS) is 11.6. The van der Waals surface area contributed by atoms with E-state index in [1.165, 1.54) is 0 Å². The maximum absolute atomic E-state index is 5.02. The lowest BCUT2D eigenvalue weighted by Gasteiger charge is -1.96. The average molecular weight is 616 g/mol. The molecule has 2 aliphatic heterocycles. The number of hydrogen-bond acceptors (Lipinski definition) is 6. The average Bonchev–Trinajstić information content (AvgIpc) is 3.77. The summed E-state index contributed by atoms with van der Waals surface area (Å²) in [5.41, 5.74) is 6.45. The predicted octanol–water partition coefficient (Wildman–Crippen LogP) is 7.33. The molecule has 0 aliphatic carbocycles. The summed E-state index contributed by atoms with van der Waals surface area (Å²) in [4.78, 5) is 36.8. The van der Waals surface area contributed by atoms with E-state index >= 15 is 0 Å². The van der Waals surface area contributed by atoms with E-state index in [9.17, 15) is 0 Å². The number of fused-ring (bicyclic) bond motifs is 20. The molecule has 43 heavy (non-hydrogen) atoms. The number of H-pyrrole nitrogens is 2. The van der Waals surface area contributed by atoms with E-state index in [0.29, 0.717) is 45.9 Å². The van der Waals surface area contributed by atoms with Crippen LogP contribution >= 0.6 is 22.2 Å². The molecule has 0 saturated heterocycles. The van der Waals surface area contributed by atoms with Crippen LogP contribution in [0, 0.1) is 0 Å². The number of aromatic amines is 2. The minimum Gasteiger partial charge on any atom is -0.324 e. The number of halogens is 2. The van der Waals surface area contributed by atoms with Gasteiger partial charge in [0.25, 0.3) is 0 Å². The van der Waals surface area contributed by atoms with Gasteiger partial charge in [-0.3, -0.25) is 0 Å². The Kier molecular flexibility index (Phi) is 6.22. The first-order valence-electron chi connectivity index (χ1n) is 13.5. The van der Waals surface area contributed by atoms with E-state index in [1.807, 2.05) is 97.1 Å². The van der Waals surface area contributed by atoms with Crippen molar-refractivity contribution in [3.8, 4) is 45.6 Å². The molecule has 2 aliphatic rings. The van der Waals surface area contributed by atoms with Crippen molar-refractivity contribution in [1.29, 1.82) is 0 Å². The van der Waals surface area contributed by atoms with Crippen molar-refractivity contribution in [3.05, 3.63) is 97.1 Å². The van der Waals surface area contributed by atoms with E-state index in [-0.39, 0.29) is 0 Å². The maximum Gasteiger partial charge on any atom is 0.222 e. The highest BCUT2D eigenvalue weighted by Crippen LogP contribution is 2.36. The third kappa shape index (κ3) is 4.28. The highest BCUT2D eigenvalue weighted by molar-refractivity contribution is 7.22. The number of hydrogen-bond donors (Lipinski definition) is 2. The van der Waals surface area contributed by atoms with Crippen molar-refractivity contribution in [1.82, 2.24) is 39.9 Å². The van der Waals surface area contributed by atoms with Gasteiger partial charge in [0.2, 0.25) is 8.14 Å². The van der Waals surface area contributed by atoms with Crippen LogP contribution in [0.3, 0.4) is 0 Å². The molecule has 7 aromatic rings. The molecular formula is C32H20Cl2N8Si. The lowest BCUT2D eigenvalue weighted by Crippen LogP contribution is -1.82. The lowest BCUT2D eigenvalue weighted by atomic mass is 10.1. The van der Waals surface area contributed by atoms with Crippen molar-refractivity contribution in [2.45, 2.75) is 0 Å². The summed E-state index contributed by atoms with van der Waals surface area (Å²) in [7, 11) is -0.639. The summed E-state index contributed by atoms with van der Waals surface area (Å²) >= 11 is 9.81. The minimum atomic E-state index is -0.639. The van der Waals surface area contributed by atoms with E-state index in [1.54, 1.807) is 0 Å².